The lowest BCUT2D eigenvalue weighted by molar-refractivity contribution is -0.385. The van der Waals surface area contributed by atoms with Crippen LogP contribution >= 0.6 is 23.2 Å². The Balaban J connectivity index is 1.45. The number of hydrogen-bond acceptors (Lipinski definition) is 7. The molecule has 0 bridgehead atoms. The lowest BCUT2D eigenvalue weighted by atomic mass is 10.0. The molecule has 3 aromatic rings. The van der Waals surface area contributed by atoms with Crippen molar-refractivity contribution in [3.8, 4) is 17.2 Å². The van der Waals surface area contributed by atoms with Crippen LogP contribution in [0.3, 0.4) is 0 Å². The number of rotatable bonds is 10. The molecule has 0 radical (unpaired) electrons. The molecule has 12 heteroatoms. The SMILES string of the molecule is NC(=O)[C@H](Cc1c(Cl)cc(OCc2ccccc2)cc1Cl)NC(=O)Cc1cc2c(cc1[N+](=O)[O-])OCO2. The first-order chi connectivity index (χ1) is 17.7. The predicted octanol–water partition coefficient (Wildman–Crippen LogP) is 3.96. The Morgan fingerprint density at radius 1 is 1.08 bits per heavy atom. The van der Waals surface area contributed by atoms with Crippen molar-refractivity contribution in [2.75, 3.05) is 6.79 Å². The minimum absolute atomic E-state index is 0.0799. The van der Waals surface area contributed by atoms with Gasteiger partial charge in [0.05, 0.1) is 17.4 Å². The lowest BCUT2D eigenvalue weighted by Gasteiger charge is -2.18. The fourth-order valence-electron chi connectivity index (χ4n) is 3.73. The lowest BCUT2D eigenvalue weighted by Crippen LogP contribution is -2.46. The molecule has 0 spiro atoms. The molecule has 1 aliphatic heterocycles. The summed E-state index contributed by atoms with van der Waals surface area (Å²) in [5.74, 6) is -0.567. The summed E-state index contributed by atoms with van der Waals surface area (Å²) in [6, 6.07) is 14.0. The van der Waals surface area contributed by atoms with E-state index in [2.05, 4.69) is 5.32 Å². The topological polar surface area (TPSA) is 143 Å². The van der Waals surface area contributed by atoms with Gasteiger partial charge in [0, 0.05) is 22.0 Å². The number of primary amides is 1. The Morgan fingerprint density at radius 2 is 1.73 bits per heavy atom. The molecule has 1 aliphatic rings. The zero-order chi connectivity index (χ0) is 26.5. The number of ether oxygens (including phenoxy) is 3. The smallest absolute Gasteiger partial charge is 0.277 e. The van der Waals surface area contributed by atoms with E-state index in [-0.39, 0.29) is 46.0 Å². The maximum Gasteiger partial charge on any atom is 0.277 e. The molecule has 3 N–H and O–H groups in total. The summed E-state index contributed by atoms with van der Waals surface area (Å²) in [7, 11) is 0. The number of carbonyl (C=O) groups excluding carboxylic acids is 2. The highest BCUT2D eigenvalue weighted by Crippen LogP contribution is 2.38. The van der Waals surface area contributed by atoms with Crippen molar-refractivity contribution in [1.29, 1.82) is 0 Å². The third kappa shape index (κ3) is 6.41. The molecule has 0 aliphatic carbocycles. The van der Waals surface area contributed by atoms with Crippen molar-refractivity contribution in [2.24, 2.45) is 5.73 Å². The monoisotopic (exact) mass is 545 g/mol. The first kappa shape index (κ1) is 26.1. The summed E-state index contributed by atoms with van der Waals surface area (Å²) in [6.07, 6.45) is -0.495. The van der Waals surface area contributed by atoms with Gasteiger partial charge >= 0.3 is 0 Å². The number of nitrogens with one attached hydrogen (secondary N) is 1. The molecule has 0 aromatic heterocycles. The third-order valence-corrected chi connectivity index (χ3v) is 6.25. The summed E-state index contributed by atoms with van der Waals surface area (Å²) >= 11 is 12.8. The summed E-state index contributed by atoms with van der Waals surface area (Å²) < 4.78 is 16.1. The molecule has 37 heavy (non-hydrogen) atoms. The van der Waals surface area contributed by atoms with Crippen LogP contribution in [0, 0.1) is 10.1 Å². The number of hydrogen-bond donors (Lipinski definition) is 2. The molecular weight excluding hydrogens is 525 g/mol. The third-order valence-electron chi connectivity index (χ3n) is 5.57. The Labute approximate surface area is 221 Å². The molecule has 1 heterocycles. The van der Waals surface area contributed by atoms with E-state index in [0.717, 1.165) is 5.56 Å². The fourth-order valence-corrected chi connectivity index (χ4v) is 4.35. The summed E-state index contributed by atoms with van der Waals surface area (Å²) in [6.45, 7) is 0.225. The quantitative estimate of drug-likeness (QED) is 0.289. The Morgan fingerprint density at radius 3 is 2.35 bits per heavy atom. The highest BCUT2D eigenvalue weighted by molar-refractivity contribution is 6.36. The van der Waals surface area contributed by atoms with E-state index in [4.69, 9.17) is 43.1 Å². The first-order valence-corrected chi connectivity index (χ1v) is 11.8. The van der Waals surface area contributed by atoms with Gasteiger partial charge in [-0.05, 0) is 29.3 Å². The van der Waals surface area contributed by atoms with Gasteiger partial charge in [0.15, 0.2) is 11.5 Å². The van der Waals surface area contributed by atoms with Crippen LogP contribution in [0.5, 0.6) is 17.2 Å². The summed E-state index contributed by atoms with van der Waals surface area (Å²) in [5, 5.41) is 14.4. The normalized spacial score (nSPS) is 12.6. The van der Waals surface area contributed by atoms with Gasteiger partial charge in [-0.1, -0.05) is 53.5 Å². The number of halogens is 2. The van der Waals surface area contributed by atoms with Crippen LogP contribution in [-0.4, -0.2) is 29.6 Å². The van der Waals surface area contributed by atoms with Crippen LogP contribution in [0.4, 0.5) is 5.69 Å². The Kier molecular flexibility index (Phi) is 8.00. The van der Waals surface area contributed by atoms with Gasteiger partial charge in [-0.3, -0.25) is 19.7 Å². The first-order valence-electron chi connectivity index (χ1n) is 11.0. The van der Waals surface area contributed by atoms with Crippen molar-refractivity contribution in [3.05, 3.63) is 91.4 Å². The molecule has 0 fully saturated rings. The molecule has 0 unspecified atom stereocenters. The molecule has 4 rings (SSSR count). The standard InChI is InChI=1S/C25H21Cl2N3O7/c26-18-8-16(35-12-14-4-2-1-3-5-14)9-19(27)17(18)10-20(25(28)32)29-24(31)7-15-6-22-23(37-13-36-22)11-21(15)30(33)34/h1-6,8-9,11,20H,7,10,12-13H2,(H2,28,32)(H,29,31)/t20-/m0/s1. The van der Waals surface area contributed by atoms with Gasteiger partial charge in [0.1, 0.15) is 18.4 Å². The van der Waals surface area contributed by atoms with Crippen molar-refractivity contribution in [1.82, 2.24) is 5.32 Å². The molecule has 192 valence electrons. The highest BCUT2D eigenvalue weighted by Gasteiger charge is 2.27. The maximum absolute atomic E-state index is 12.7. The Bertz CT molecular complexity index is 1330. The number of benzene rings is 3. The van der Waals surface area contributed by atoms with Gasteiger partial charge in [-0.2, -0.15) is 0 Å². The molecule has 1 atom stereocenters. The van der Waals surface area contributed by atoms with Crippen molar-refractivity contribution in [3.63, 3.8) is 0 Å². The number of nitro benzene ring substituents is 1. The van der Waals surface area contributed by atoms with Gasteiger partial charge in [0.25, 0.3) is 5.69 Å². The minimum Gasteiger partial charge on any atom is -0.489 e. The van der Waals surface area contributed by atoms with E-state index in [1.54, 1.807) is 12.1 Å². The number of fused-ring (bicyclic) bond motifs is 1. The average molecular weight is 546 g/mol. The average Bonchev–Trinajstić information content (AvgIpc) is 3.31. The second-order valence-corrected chi connectivity index (χ2v) is 8.95. The summed E-state index contributed by atoms with van der Waals surface area (Å²) in [5.41, 5.74) is 6.63. The van der Waals surface area contributed by atoms with E-state index >= 15 is 0 Å². The van der Waals surface area contributed by atoms with Gasteiger partial charge in [-0.15, -0.1) is 0 Å². The van der Waals surface area contributed by atoms with Crippen LogP contribution in [0.1, 0.15) is 16.7 Å². The van der Waals surface area contributed by atoms with Crippen LogP contribution in [0.25, 0.3) is 0 Å². The predicted molar refractivity (Wildman–Crippen MR) is 135 cm³/mol. The number of nitrogens with zero attached hydrogens (tertiary/aromatic N) is 1. The highest BCUT2D eigenvalue weighted by atomic mass is 35.5. The molecule has 3 aromatic carbocycles. The molecule has 0 saturated carbocycles. The second kappa shape index (κ2) is 11.4. The van der Waals surface area contributed by atoms with Crippen molar-refractivity contribution < 1.29 is 28.7 Å². The number of nitro groups is 1. The number of amides is 2. The molecule has 0 saturated heterocycles. The van der Waals surface area contributed by atoms with Crippen molar-refractivity contribution in [2.45, 2.75) is 25.5 Å². The van der Waals surface area contributed by atoms with E-state index < -0.39 is 29.2 Å². The molecule has 10 nitrogen and oxygen atoms in total. The zero-order valence-electron chi connectivity index (χ0n) is 19.2. The number of carbonyl (C=O) groups is 2. The second-order valence-electron chi connectivity index (χ2n) is 8.13. The van der Waals surface area contributed by atoms with Crippen LogP contribution in [0.2, 0.25) is 10.0 Å². The summed E-state index contributed by atoms with van der Waals surface area (Å²) in [4.78, 5) is 35.7. The Hall–Kier alpha value is -4.02. The largest absolute Gasteiger partial charge is 0.489 e. The van der Waals surface area contributed by atoms with Gasteiger partial charge < -0.3 is 25.3 Å². The molecule has 2 amide bonds. The van der Waals surface area contributed by atoms with Crippen molar-refractivity contribution >= 4 is 40.7 Å². The van der Waals surface area contributed by atoms with E-state index in [1.807, 2.05) is 30.3 Å². The van der Waals surface area contributed by atoms with Crippen LogP contribution < -0.4 is 25.3 Å². The number of nitrogens with two attached hydrogens (primary N) is 1. The zero-order valence-corrected chi connectivity index (χ0v) is 20.8. The fraction of sp³-hybridized carbons (Fsp3) is 0.200. The van der Waals surface area contributed by atoms with Gasteiger partial charge in [-0.25, -0.2) is 0 Å². The maximum atomic E-state index is 12.7. The van der Waals surface area contributed by atoms with Gasteiger partial charge in [0.2, 0.25) is 18.6 Å². The minimum atomic E-state index is -1.17. The van der Waals surface area contributed by atoms with E-state index in [0.29, 0.717) is 17.9 Å². The van der Waals surface area contributed by atoms with Crippen LogP contribution in [0.15, 0.2) is 54.6 Å². The molecular formula is C25H21Cl2N3O7. The van der Waals surface area contributed by atoms with Crippen LogP contribution in [-0.2, 0) is 29.0 Å². The van der Waals surface area contributed by atoms with E-state index in [9.17, 15) is 19.7 Å². The van der Waals surface area contributed by atoms with E-state index in [1.165, 1.54) is 12.1 Å².